The van der Waals surface area contributed by atoms with Gasteiger partial charge in [-0.1, -0.05) is 42.0 Å². The molecule has 2 aromatic carbocycles. The number of piperazine rings is 1. The Hall–Kier alpha value is -2.66. The second-order valence-corrected chi connectivity index (χ2v) is 7.40. The van der Waals surface area contributed by atoms with Gasteiger partial charge in [0.15, 0.2) is 5.78 Å². The van der Waals surface area contributed by atoms with E-state index < -0.39 is 0 Å². The quantitative estimate of drug-likeness (QED) is 0.720. The number of benzene rings is 2. The van der Waals surface area contributed by atoms with Crippen LogP contribution >= 0.6 is 0 Å². The Labute approximate surface area is 166 Å². The third-order valence-corrected chi connectivity index (χ3v) is 5.31. The number of amides is 1. The van der Waals surface area contributed by atoms with E-state index >= 15 is 0 Å². The fourth-order valence-corrected chi connectivity index (χ4v) is 3.72. The summed E-state index contributed by atoms with van der Waals surface area (Å²) in [6, 6.07) is 15.7. The van der Waals surface area contributed by atoms with Gasteiger partial charge in [-0.15, -0.1) is 0 Å². The van der Waals surface area contributed by atoms with Gasteiger partial charge >= 0.3 is 0 Å². The van der Waals surface area contributed by atoms with E-state index in [2.05, 4.69) is 24.1 Å². The molecule has 1 amide bonds. The average Bonchev–Trinajstić information content (AvgIpc) is 2.72. The standard InChI is InChI=1S/C23H28N2O3/c1-17-9-11-22(28-3)19(15-17)21(26)10-12-23(27)25-14-13-24(2)16-20(25)18-7-5-4-6-8-18/h4-9,11,15,20H,10,12-14,16H2,1-3H3/t20-/m0/s1. The number of methoxy groups -OCH3 is 1. The number of carbonyl (C=O) groups excluding carboxylic acids is 2. The maximum absolute atomic E-state index is 13.0. The number of rotatable bonds is 6. The number of hydrogen-bond donors (Lipinski definition) is 0. The van der Waals surface area contributed by atoms with Gasteiger partial charge in [-0.05, 0) is 31.7 Å². The zero-order chi connectivity index (χ0) is 20.1. The summed E-state index contributed by atoms with van der Waals surface area (Å²) < 4.78 is 5.31. The van der Waals surface area contributed by atoms with E-state index in [0.29, 0.717) is 17.9 Å². The first-order valence-electron chi connectivity index (χ1n) is 9.70. The Bertz CT molecular complexity index is 835. The maximum atomic E-state index is 13.0. The van der Waals surface area contributed by atoms with Gasteiger partial charge in [0, 0.05) is 32.5 Å². The molecule has 1 aliphatic heterocycles. The molecule has 0 spiro atoms. The van der Waals surface area contributed by atoms with Crippen LogP contribution in [0.2, 0.25) is 0 Å². The lowest BCUT2D eigenvalue weighted by atomic mass is 10.00. The third-order valence-electron chi connectivity index (χ3n) is 5.31. The molecule has 5 heteroatoms. The summed E-state index contributed by atoms with van der Waals surface area (Å²) in [7, 11) is 3.63. The van der Waals surface area contributed by atoms with Crippen LogP contribution in [0.3, 0.4) is 0 Å². The van der Waals surface area contributed by atoms with E-state index in [4.69, 9.17) is 4.74 Å². The number of Topliss-reactive ketones (excluding diaryl/α,β-unsaturated/α-hetero) is 1. The monoisotopic (exact) mass is 380 g/mol. The molecule has 0 saturated carbocycles. The predicted molar refractivity (Wildman–Crippen MR) is 110 cm³/mol. The highest BCUT2D eigenvalue weighted by molar-refractivity contribution is 6.00. The van der Waals surface area contributed by atoms with Gasteiger partial charge < -0.3 is 14.5 Å². The minimum atomic E-state index is -0.0562. The van der Waals surface area contributed by atoms with Crippen molar-refractivity contribution in [1.29, 1.82) is 0 Å². The smallest absolute Gasteiger partial charge is 0.223 e. The first-order chi connectivity index (χ1) is 13.5. The SMILES string of the molecule is COc1ccc(C)cc1C(=O)CCC(=O)N1CCN(C)C[C@H]1c1ccccc1. The van der Waals surface area contributed by atoms with Crippen LogP contribution in [-0.4, -0.2) is 55.3 Å². The molecule has 0 unspecified atom stereocenters. The Balaban J connectivity index is 1.69. The van der Waals surface area contributed by atoms with Crippen LogP contribution in [0, 0.1) is 6.92 Å². The van der Waals surface area contributed by atoms with Gasteiger partial charge in [0.1, 0.15) is 5.75 Å². The summed E-state index contributed by atoms with van der Waals surface area (Å²) in [5.74, 6) is 0.533. The van der Waals surface area contributed by atoms with Crippen LogP contribution in [0.4, 0.5) is 0 Å². The van der Waals surface area contributed by atoms with E-state index in [1.165, 1.54) is 0 Å². The predicted octanol–water partition coefficient (Wildman–Crippen LogP) is 3.48. The number of carbonyl (C=O) groups is 2. The van der Waals surface area contributed by atoms with E-state index in [1.54, 1.807) is 13.2 Å². The number of aryl methyl sites for hydroxylation is 1. The summed E-state index contributed by atoms with van der Waals surface area (Å²) in [6.07, 6.45) is 0.398. The second kappa shape index (κ2) is 9.02. The fourth-order valence-electron chi connectivity index (χ4n) is 3.72. The van der Waals surface area contributed by atoms with Gasteiger partial charge in [-0.2, -0.15) is 0 Å². The van der Waals surface area contributed by atoms with Crippen molar-refractivity contribution in [1.82, 2.24) is 9.80 Å². The molecular formula is C23H28N2O3. The Morgan fingerprint density at radius 3 is 2.54 bits per heavy atom. The topological polar surface area (TPSA) is 49.9 Å². The molecule has 1 aliphatic rings. The maximum Gasteiger partial charge on any atom is 0.223 e. The molecule has 2 aromatic rings. The number of ketones is 1. The Morgan fingerprint density at radius 2 is 1.82 bits per heavy atom. The molecular weight excluding hydrogens is 352 g/mol. The molecule has 1 saturated heterocycles. The van der Waals surface area contributed by atoms with Gasteiger partial charge in [0.2, 0.25) is 5.91 Å². The number of nitrogens with zero attached hydrogens (tertiary/aromatic N) is 2. The van der Waals surface area contributed by atoms with Crippen molar-refractivity contribution in [2.24, 2.45) is 0 Å². The first kappa shape index (κ1) is 20.1. The van der Waals surface area contributed by atoms with Crippen molar-refractivity contribution >= 4 is 11.7 Å². The van der Waals surface area contributed by atoms with Crippen LogP contribution in [0.15, 0.2) is 48.5 Å². The molecule has 0 aliphatic carbocycles. The Kier molecular flexibility index (Phi) is 6.47. The molecule has 0 bridgehead atoms. The van der Waals surface area contributed by atoms with Crippen LogP contribution in [0.5, 0.6) is 5.75 Å². The second-order valence-electron chi connectivity index (χ2n) is 7.40. The van der Waals surface area contributed by atoms with Gasteiger partial charge in [0.25, 0.3) is 0 Å². The third kappa shape index (κ3) is 4.60. The highest BCUT2D eigenvalue weighted by atomic mass is 16.5. The molecule has 1 heterocycles. The van der Waals surface area contributed by atoms with Crippen LogP contribution in [0.25, 0.3) is 0 Å². The van der Waals surface area contributed by atoms with Gasteiger partial charge in [-0.3, -0.25) is 9.59 Å². The molecule has 0 aromatic heterocycles. The van der Waals surface area contributed by atoms with E-state index in [9.17, 15) is 9.59 Å². The zero-order valence-electron chi connectivity index (χ0n) is 16.9. The normalized spacial score (nSPS) is 17.4. The fraction of sp³-hybridized carbons (Fsp3) is 0.391. The molecule has 5 nitrogen and oxygen atoms in total. The van der Waals surface area contributed by atoms with E-state index in [0.717, 1.165) is 24.2 Å². The van der Waals surface area contributed by atoms with Crippen molar-refractivity contribution in [2.75, 3.05) is 33.8 Å². The van der Waals surface area contributed by atoms with E-state index in [-0.39, 0.29) is 30.6 Å². The first-order valence-corrected chi connectivity index (χ1v) is 9.70. The Morgan fingerprint density at radius 1 is 1.07 bits per heavy atom. The van der Waals surface area contributed by atoms with Crippen molar-refractivity contribution < 1.29 is 14.3 Å². The van der Waals surface area contributed by atoms with Crippen LogP contribution in [-0.2, 0) is 4.79 Å². The van der Waals surface area contributed by atoms with Gasteiger partial charge in [0.05, 0.1) is 18.7 Å². The van der Waals surface area contributed by atoms with Crippen molar-refractivity contribution in [2.45, 2.75) is 25.8 Å². The molecule has 0 N–H and O–H groups in total. The lowest BCUT2D eigenvalue weighted by Crippen LogP contribution is -2.49. The number of ether oxygens (including phenoxy) is 1. The van der Waals surface area contributed by atoms with Crippen molar-refractivity contribution in [3.63, 3.8) is 0 Å². The minimum Gasteiger partial charge on any atom is -0.496 e. The molecule has 148 valence electrons. The van der Waals surface area contributed by atoms with Crippen LogP contribution < -0.4 is 4.74 Å². The minimum absolute atomic E-state index is 0.0241. The van der Waals surface area contributed by atoms with E-state index in [1.807, 2.05) is 42.2 Å². The molecule has 1 atom stereocenters. The highest BCUT2D eigenvalue weighted by Gasteiger charge is 2.30. The lowest BCUT2D eigenvalue weighted by Gasteiger charge is -2.40. The molecule has 28 heavy (non-hydrogen) atoms. The van der Waals surface area contributed by atoms with Gasteiger partial charge in [-0.25, -0.2) is 0 Å². The summed E-state index contributed by atoms with van der Waals surface area (Å²) in [4.78, 5) is 29.8. The molecule has 3 rings (SSSR count). The summed E-state index contributed by atoms with van der Waals surface area (Å²) in [6.45, 7) is 4.26. The lowest BCUT2D eigenvalue weighted by molar-refractivity contribution is -0.136. The summed E-state index contributed by atoms with van der Waals surface area (Å²) in [5.41, 5.74) is 2.68. The zero-order valence-corrected chi connectivity index (χ0v) is 16.9. The van der Waals surface area contributed by atoms with Crippen LogP contribution in [0.1, 0.15) is 40.4 Å². The average molecular weight is 380 g/mol. The van der Waals surface area contributed by atoms with Crippen molar-refractivity contribution in [3.05, 3.63) is 65.2 Å². The largest absolute Gasteiger partial charge is 0.496 e. The summed E-state index contributed by atoms with van der Waals surface area (Å²) >= 11 is 0. The van der Waals surface area contributed by atoms with Crippen molar-refractivity contribution in [3.8, 4) is 5.75 Å². The number of likely N-dealkylation sites (N-methyl/N-ethyl adjacent to an activating group) is 1. The molecule has 1 fully saturated rings. The number of hydrogen-bond acceptors (Lipinski definition) is 4. The molecule has 0 radical (unpaired) electrons. The summed E-state index contributed by atoms with van der Waals surface area (Å²) in [5, 5.41) is 0. The highest BCUT2D eigenvalue weighted by Crippen LogP contribution is 2.27.